The molecule has 0 aromatic carbocycles. The number of hydrogen-bond acceptors (Lipinski definition) is 7. The number of nitrogens with zero attached hydrogens (tertiary/aromatic N) is 6. The number of amides is 1. The van der Waals surface area contributed by atoms with Crippen molar-refractivity contribution in [2.24, 2.45) is 0 Å². The summed E-state index contributed by atoms with van der Waals surface area (Å²) in [5.74, 6) is -0.342. The summed E-state index contributed by atoms with van der Waals surface area (Å²) in [6.07, 6.45) is 5.23. The highest BCUT2D eigenvalue weighted by Crippen LogP contribution is 2.35. The van der Waals surface area contributed by atoms with Crippen LogP contribution >= 0.6 is 0 Å². The van der Waals surface area contributed by atoms with E-state index in [4.69, 9.17) is 0 Å². The smallest absolute Gasteiger partial charge is 0.257 e. The third kappa shape index (κ3) is 6.97. The van der Waals surface area contributed by atoms with E-state index in [0.717, 1.165) is 31.2 Å². The molecule has 226 valence electrons. The number of aromatic nitrogens is 5. The quantitative estimate of drug-likeness (QED) is 0.242. The van der Waals surface area contributed by atoms with Gasteiger partial charge in [0.1, 0.15) is 18.8 Å². The van der Waals surface area contributed by atoms with Gasteiger partial charge in [-0.1, -0.05) is 0 Å². The summed E-state index contributed by atoms with van der Waals surface area (Å²) in [5, 5.41) is 33.6. The zero-order valence-corrected chi connectivity index (χ0v) is 23.8. The number of nitrogens with one attached hydrogen (secondary N) is 2. The fraction of sp³-hybridized carbons (Fsp3) is 0.433. The van der Waals surface area contributed by atoms with Crippen LogP contribution in [0.15, 0.2) is 49.1 Å². The predicted octanol–water partition coefficient (Wildman–Crippen LogP) is 4.71. The minimum atomic E-state index is -2.47. The van der Waals surface area contributed by atoms with Gasteiger partial charge in [0.05, 0.1) is 58.3 Å². The average molecular weight is 595 g/mol. The highest BCUT2D eigenvalue weighted by molar-refractivity contribution is 6.00. The normalized spacial score (nSPS) is 18.0. The van der Waals surface area contributed by atoms with Crippen LogP contribution in [0.25, 0.3) is 16.9 Å². The highest BCUT2D eigenvalue weighted by atomic mass is 19.3. The van der Waals surface area contributed by atoms with Gasteiger partial charge >= 0.3 is 0 Å². The standard InChI is InChI=1S/C30H33F3N8O2/c1-30(2,43)27(31)15-36-29(42)23-14-35-25(26-8-7-22-9-18(11-34)12-38-41(22)26)10-24(23)39-21-5-3-19(4-6-21)20-13-37-40(16-20)17-28(32)33/h7-10,12-14,16,19,21,27-28,43H,3-6,15,17H2,1-2H3,(H,35,39)(H,36,42)/t19?,21?,27-/m1/s1. The van der Waals surface area contributed by atoms with Crippen molar-refractivity contribution in [1.82, 2.24) is 29.7 Å². The fourth-order valence-corrected chi connectivity index (χ4v) is 5.30. The van der Waals surface area contributed by atoms with Gasteiger partial charge in [0, 0.05) is 18.4 Å². The Morgan fingerprint density at radius 2 is 1.91 bits per heavy atom. The van der Waals surface area contributed by atoms with Crippen LogP contribution in [0.2, 0.25) is 0 Å². The lowest BCUT2D eigenvalue weighted by molar-refractivity contribution is -0.00177. The average Bonchev–Trinajstić information content (AvgIpc) is 3.62. The first-order valence-corrected chi connectivity index (χ1v) is 14.1. The van der Waals surface area contributed by atoms with Gasteiger partial charge in [-0.3, -0.25) is 14.5 Å². The third-order valence-electron chi connectivity index (χ3n) is 7.79. The molecule has 0 bridgehead atoms. The van der Waals surface area contributed by atoms with Crippen LogP contribution in [0.5, 0.6) is 0 Å². The Morgan fingerprint density at radius 1 is 1.14 bits per heavy atom. The Labute approximate surface area is 246 Å². The molecular formula is C30H33F3N8O2. The minimum Gasteiger partial charge on any atom is -0.387 e. The SMILES string of the molecule is CC(C)(O)[C@H](F)CNC(=O)c1cnc(-c2ccc3cc(C#N)cnn23)cc1NC1CCC(c2cnn(CC(F)F)c2)CC1. The lowest BCUT2D eigenvalue weighted by Gasteiger charge is -2.30. The van der Waals surface area contributed by atoms with E-state index in [1.165, 1.54) is 30.9 Å². The van der Waals surface area contributed by atoms with Crippen LogP contribution in [0.4, 0.5) is 18.9 Å². The number of rotatable bonds is 10. The van der Waals surface area contributed by atoms with Gasteiger partial charge in [-0.05, 0) is 75.3 Å². The maximum absolute atomic E-state index is 14.4. The zero-order valence-electron chi connectivity index (χ0n) is 23.8. The maximum Gasteiger partial charge on any atom is 0.257 e. The molecule has 1 fully saturated rings. The van der Waals surface area contributed by atoms with Crippen LogP contribution in [-0.2, 0) is 6.54 Å². The molecule has 43 heavy (non-hydrogen) atoms. The number of alkyl halides is 3. The molecule has 4 aromatic rings. The summed E-state index contributed by atoms with van der Waals surface area (Å²) >= 11 is 0. The van der Waals surface area contributed by atoms with E-state index in [2.05, 4.69) is 31.9 Å². The van der Waals surface area contributed by atoms with Crippen molar-refractivity contribution in [3.05, 3.63) is 65.7 Å². The van der Waals surface area contributed by atoms with E-state index in [9.17, 15) is 28.3 Å². The second-order valence-corrected chi connectivity index (χ2v) is 11.4. The molecule has 4 heterocycles. The van der Waals surface area contributed by atoms with Gasteiger partial charge in [0.15, 0.2) is 0 Å². The van der Waals surface area contributed by atoms with E-state index in [1.807, 2.05) is 12.1 Å². The molecule has 1 aliphatic rings. The van der Waals surface area contributed by atoms with Crippen molar-refractivity contribution in [3.8, 4) is 17.5 Å². The number of fused-ring (bicyclic) bond motifs is 1. The highest BCUT2D eigenvalue weighted by Gasteiger charge is 2.28. The van der Waals surface area contributed by atoms with Gasteiger partial charge in [0.2, 0.25) is 0 Å². The van der Waals surface area contributed by atoms with Crippen molar-refractivity contribution in [2.75, 3.05) is 11.9 Å². The Kier molecular flexibility index (Phi) is 8.68. The number of hydrogen-bond donors (Lipinski definition) is 3. The predicted molar refractivity (Wildman–Crippen MR) is 154 cm³/mol. The van der Waals surface area contributed by atoms with Crippen molar-refractivity contribution in [3.63, 3.8) is 0 Å². The van der Waals surface area contributed by atoms with E-state index in [1.54, 1.807) is 29.0 Å². The van der Waals surface area contributed by atoms with Crippen LogP contribution in [-0.4, -0.2) is 66.2 Å². The minimum absolute atomic E-state index is 0.0137. The van der Waals surface area contributed by atoms with Gasteiger partial charge in [0.25, 0.3) is 12.3 Å². The molecule has 0 unspecified atom stereocenters. The largest absolute Gasteiger partial charge is 0.387 e. The number of carbonyl (C=O) groups excluding carboxylic acids is 1. The second-order valence-electron chi connectivity index (χ2n) is 11.4. The zero-order chi connectivity index (χ0) is 30.7. The molecular weight excluding hydrogens is 561 g/mol. The van der Waals surface area contributed by atoms with Crippen molar-refractivity contribution < 1.29 is 23.1 Å². The van der Waals surface area contributed by atoms with Crippen LogP contribution < -0.4 is 10.6 Å². The molecule has 4 aromatic heterocycles. The van der Waals surface area contributed by atoms with E-state index in [-0.39, 0.29) is 24.1 Å². The number of carbonyl (C=O) groups is 1. The van der Waals surface area contributed by atoms with Crippen LogP contribution in [0, 0.1) is 11.3 Å². The summed E-state index contributed by atoms with van der Waals surface area (Å²) in [6.45, 7) is 1.87. The Balaban J connectivity index is 1.36. The lowest BCUT2D eigenvalue weighted by Crippen LogP contribution is -2.42. The Bertz CT molecular complexity index is 1630. The molecule has 1 saturated carbocycles. The number of anilines is 1. The Hall–Kier alpha value is -4.44. The first kappa shape index (κ1) is 30.0. The number of nitriles is 1. The van der Waals surface area contributed by atoms with E-state index >= 15 is 0 Å². The van der Waals surface area contributed by atoms with Gasteiger partial charge < -0.3 is 15.7 Å². The van der Waals surface area contributed by atoms with Crippen molar-refractivity contribution >= 4 is 17.1 Å². The summed E-state index contributed by atoms with van der Waals surface area (Å²) in [4.78, 5) is 17.7. The first-order valence-electron chi connectivity index (χ1n) is 14.1. The maximum atomic E-state index is 14.4. The number of pyridine rings is 1. The summed E-state index contributed by atoms with van der Waals surface area (Å²) < 4.78 is 42.8. The number of halogens is 3. The van der Waals surface area contributed by atoms with Gasteiger partial charge in [-0.2, -0.15) is 15.5 Å². The second kappa shape index (κ2) is 12.4. The topological polar surface area (TPSA) is 133 Å². The van der Waals surface area contributed by atoms with Gasteiger partial charge in [-0.25, -0.2) is 17.7 Å². The molecule has 0 aliphatic heterocycles. The van der Waals surface area contributed by atoms with Crippen LogP contribution in [0.1, 0.15) is 66.9 Å². The summed E-state index contributed by atoms with van der Waals surface area (Å²) in [5.41, 5.74) is 2.39. The molecule has 3 N–H and O–H groups in total. The third-order valence-corrected chi connectivity index (χ3v) is 7.79. The van der Waals surface area contributed by atoms with Crippen molar-refractivity contribution in [1.29, 1.82) is 5.26 Å². The lowest BCUT2D eigenvalue weighted by atomic mass is 9.83. The first-order chi connectivity index (χ1) is 20.5. The Morgan fingerprint density at radius 3 is 2.60 bits per heavy atom. The van der Waals surface area contributed by atoms with E-state index in [0.29, 0.717) is 28.2 Å². The monoisotopic (exact) mass is 594 g/mol. The van der Waals surface area contributed by atoms with E-state index < -0.39 is 30.7 Å². The van der Waals surface area contributed by atoms with Gasteiger partial charge in [-0.15, -0.1) is 0 Å². The molecule has 10 nitrogen and oxygen atoms in total. The molecule has 0 saturated heterocycles. The molecule has 1 amide bonds. The summed E-state index contributed by atoms with van der Waals surface area (Å²) in [6, 6.07) is 9.19. The number of aliphatic hydroxyl groups is 1. The van der Waals surface area contributed by atoms with Crippen LogP contribution in [0.3, 0.4) is 0 Å². The fourth-order valence-electron chi connectivity index (χ4n) is 5.30. The molecule has 0 radical (unpaired) electrons. The molecule has 5 rings (SSSR count). The molecule has 1 atom stereocenters. The van der Waals surface area contributed by atoms with Crippen molar-refractivity contribution in [2.45, 2.75) is 76.2 Å². The molecule has 0 spiro atoms. The molecule has 13 heteroatoms. The summed E-state index contributed by atoms with van der Waals surface area (Å²) in [7, 11) is 0. The molecule has 1 aliphatic carbocycles.